The number of carbonyl (C=O) groups excluding carboxylic acids is 1. The molecule has 0 saturated heterocycles. The monoisotopic (exact) mass is 377 g/mol. The molecule has 0 N–H and O–H groups in total. The first kappa shape index (κ1) is 19.5. The van der Waals surface area contributed by atoms with Gasteiger partial charge in [0.1, 0.15) is 5.15 Å². The molecule has 0 spiro atoms. The summed E-state index contributed by atoms with van der Waals surface area (Å²) in [4.78, 5) is 15.5. The van der Waals surface area contributed by atoms with Crippen LogP contribution < -0.4 is 0 Å². The highest BCUT2D eigenvalue weighted by atomic mass is 35.5. The van der Waals surface area contributed by atoms with Gasteiger partial charge in [0.2, 0.25) is 5.91 Å². The average molecular weight is 378 g/mol. The summed E-state index contributed by atoms with van der Waals surface area (Å²) < 4.78 is 1.80. The van der Waals surface area contributed by atoms with Crippen LogP contribution >= 0.6 is 22.9 Å². The molecule has 134 valence electrons. The summed E-state index contributed by atoms with van der Waals surface area (Å²) in [5.41, 5.74) is 1.64. The number of halogens is 1. The predicted molar refractivity (Wildman–Crippen MR) is 106 cm³/mol. The summed E-state index contributed by atoms with van der Waals surface area (Å²) in [7, 11) is 0. The number of carbonyl (C=O) groups is 1. The van der Waals surface area contributed by atoms with Gasteiger partial charge in [0.05, 0.1) is 12.2 Å². The van der Waals surface area contributed by atoms with E-state index in [0.717, 1.165) is 35.5 Å². The van der Waals surface area contributed by atoms with E-state index in [1.54, 1.807) is 39.1 Å². The summed E-state index contributed by atoms with van der Waals surface area (Å²) >= 11 is 8.05. The molecule has 0 aromatic carbocycles. The van der Waals surface area contributed by atoms with E-state index in [4.69, 9.17) is 11.6 Å². The first-order chi connectivity index (χ1) is 12.1. The van der Waals surface area contributed by atoms with Gasteiger partial charge in [-0.3, -0.25) is 9.48 Å². The smallest absolute Gasteiger partial charge is 0.247 e. The molecule has 0 radical (unpaired) electrons. The summed E-state index contributed by atoms with van der Waals surface area (Å²) in [6, 6.07) is 4.01. The van der Waals surface area contributed by atoms with Crippen molar-refractivity contribution in [3.8, 4) is 0 Å². The molecule has 25 heavy (non-hydrogen) atoms. The molecule has 0 unspecified atom stereocenters. The van der Waals surface area contributed by atoms with Crippen molar-refractivity contribution in [2.24, 2.45) is 0 Å². The molecule has 2 heterocycles. The molecule has 6 heteroatoms. The lowest BCUT2D eigenvalue weighted by molar-refractivity contribution is -0.126. The maximum atomic E-state index is 12.6. The molecule has 0 saturated carbocycles. The van der Waals surface area contributed by atoms with Crippen LogP contribution in [0.5, 0.6) is 0 Å². The zero-order valence-corrected chi connectivity index (χ0v) is 16.3. The summed E-state index contributed by atoms with van der Waals surface area (Å²) in [5.74, 6) is -0.0647. The molecular weight excluding hydrogens is 354 g/mol. The van der Waals surface area contributed by atoms with Crippen LogP contribution in [-0.4, -0.2) is 27.1 Å². The van der Waals surface area contributed by atoms with Gasteiger partial charge in [-0.25, -0.2) is 0 Å². The fraction of sp³-hybridized carbons (Fsp3) is 0.368. The van der Waals surface area contributed by atoms with Gasteiger partial charge in [-0.1, -0.05) is 37.1 Å². The van der Waals surface area contributed by atoms with Crippen LogP contribution in [0.4, 0.5) is 0 Å². The molecule has 0 atom stereocenters. The van der Waals surface area contributed by atoms with Crippen molar-refractivity contribution in [3.05, 3.63) is 57.5 Å². The van der Waals surface area contributed by atoms with Crippen molar-refractivity contribution in [1.82, 2.24) is 14.7 Å². The first-order valence-corrected chi connectivity index (χ1v) is 9.65. The van der Waals surface area contributed by atoms with Crippen molar-refractivity contribution < 1.29 is 4.79 Å². The third-order valence-corrected chi connectivity index (χ3v) is 5.07. The van der Waals surface area contributed by atoms with E-state index in [1.807, 2.05) is 24.4 Å². The Morgan fingerprint density at radius 3 is 2.96 bits per heavy atom. The highest BCUT2D eigenvalue weighted by Crippen LogP contribution is 2.22. The number of rotatable bonds is 9. The number of aryl methyl sites for hydroxylation is 2. The highest BCUT2D eigenvalue weighted by Gasteiger charge is 2.13. The van der Waals surface area contributed by atoms with E-state index in [0.29, 0.717) is 18.2 Å². The van der Waals surface area contributed by atoms with Gasteiger partial charge < -0.3 is 4.90 Å². The number of unbranched alkanes of at least 4 members (excludes halogenated alkanes) is 1. The van der Waals surface area contributed by atoms with Crippen LogP contribution in [0.15, 0.2) is 36.2 Å². The largest absolute Gasteiger partial charge is 0.330 e. The summed E-state index contributed by atoms with van der Waals surface area (Å²) in [6.45, 7) is 9.65. The zero-order valence-electron chi connectivity index (χ0n) is 14.7. The van der Waals surface area contributed by atoms with Gasteiger partial charge >= 0.3 is 0 Å². The molecule has 2 aromatic heterocycles. The van der Waals surface area contributed by atoms with Crippen molar-refractivity contribution in [2.45, 2.75) is 39.8 Å². The molecular formula is C19H24ClN3OS. The Labute approximate surface area is 158 Å². The Hall–Kier alpha value is -1.85. The second-order valence-corrected chi connectivity index (χ2v) is 7.18. The molecule has 0 aliphatic heterocycles. The number of hydrogen-bond donors (Lipinski definition) is 0. The Morgan fingerprint density at radius 2 is 2.32 bits per heavy atom. The van der Waals surface area contributed by atoms with Crippen molar-refractivity contribution in [2.75, 3.05) is 6.54 Å². The SMILES string of the molecule is C=CCN(Cc1cccs1)C(=O)/C=C/c1c(C)nn(CCCC)c1Cl. The van der Waals surface area contributed by atoms with E-state index >= 15 is 0 Å². The number of thiophene rings is 1. The van der Waals surface area contributed by atoms with Gasteiger partial charge in [-0.05, 0) is 30.9 Å². The molecule has 2 rings (SSSR count). The van der Waals surface area contributed by atoms with Crippen LogP contribution in [0.1, 0.15) is 35.9 Å². The first-order valence-electron chi connectivity index (χ1n) is 8.40. The minimum Gasteiger partial charge on any atom is -0.330 e. The molecule has 4 nitrogen and oxygen atoms in total. The van der Waals surface area contributed by atoms with E-state index in [9.17, 15) is 4.79 Å². The Bertz CT molecular complexity index is 734. The highest BCUT2D eigenvalue weighted by molar-refractivity contribution is 7.09. The quantitative estimate of drug-likeness (QED) is 0.458. The summed E-state index contributed by atoms with van der Waals surface area (Å²) in [6.07, 6.45) is 7.17. The van der Waals surface area contributed by atoms with Crippen molar-refractivity contribution in [3.63, 3.8) is 0 Å². The van der Waals surface area contributed by atoms with Crippen molar-refractivity contribution in [1.29, 1.82) is 0 Å². The lowest BCUT2D eigenvalue weighted by Crippen LogP contribution is -2.28. The van der Waals surface area contributed by atoms with Crippen molar-refractivity contribution >= 4 is 34.9 Å². The Morgan fingerprint density at radius 1 is 1.52 bits per heavy atom. The van der Waals surface area contributed by atoms with E-state index in [-0.39, 0.29) is 5.91 Å². The molecule has 0 aliphatic rings. The molecule has 0 fully saturated rings. The fourth-order valence-corrected chi connectivity index (χ4v) is 3.49. The number of hydrogen-bond acceptors (Lipinski definition) is 3. The van der Waals surface area contributed by atoms with Gasteiger partial charge in [-0.15, -0.1) is 17.9 Å². The normalized spacial score (nSPS) is 11.2. The Balaban J connectivity index is 2.11. The van der Waals surface area contributed by atoms with Crippen LogP contribution in [0.3, 0.4) is 0 Å². The maximum absolute atomic E-state index is 12.6. The Kier molecular flexibility index (Phi) is 7.47. The maximum Gasteiger partial charge on any atom is 0.247 e. The number of amides is 1. The van der Waals surface area contributed by atoms with Gasteiger partial charge in [0, 0.05) is 29.6 Å². The minimum atomic E-state index is -0.0647. The molecule has 0 aliphatic carbocycles. The van der Waals surface area contributed by atoms with E-state index < -0.39 is 0 Å². The van der Waals surface area contributed by atoms with Crippen LogP contribution in [0, 0.1) is 6.92 Å². The lowest BCUT2D eigenvalue weighted by atomic mass is 10.2. The third-order valence-electron chi connectivity index (χ3n) is 3.81. The van der Waals surface area contributed by atoms with Crippen LogP contribution in [0.25, 0.3) is 6.08 Å². The van der Waals surface area contributed by atoms with Gasteiger partial charge in [-0.2, -0.15) is 5.10 Å². The van der Waals surface area contributed by atoms with Crippen LogP contribution in [-0.2, 0) is 17.9 Å². The predicted octanol–water partition coefficient (Wildman–Crippen LogP) is 4.93. The van der Waals surface area contributed by atoms with E-state index in [2.05, 4.69) is 18.6 Å². The standard InChI is InChI=1S/C19H24ClN3OS/c1-4-6-12-23-19(20)17(15(3)21-23)9-10-18(24)22(11-5-2)14-16-8-7-13-25-16/h5,7-10,13H,2,4,6,11-12,14H2,1,3H3/b10-9+. The van der Waals surface area contributed by atoms with Crippen LogP contribution in [0.2, 0.25) is 5.15 Å². The third kappa shape index (κ3) is 5.31. The fourth-order valence-electron chi connectivity index (χ4n) is 2.45. The van der Waals surface area contributed by atoms with E-state index in [1.165, 1.54) is 0 Å². The lowest BCUT2D eigenvalue weighted by Gasteiger charge is -2.18. The van der Waals surface area contributed by atoms with Gasteiger partial charge in [0.15, 0.2) is 0 Å². The topological polar surface area (TPSA) is 38.1 Å². The second-order valence-electron chi connectivity index (χ2n) is 5.79. The molecule has 2 aromatic rings. The number of nitrogens with zero attached hydrogens (tertiary/aromatic N) is 3. The summed E-state index contributed by atoms with van der Waals surface area (Å²) in [5, 5.41) is 7.06. The molecule has 0 bridgehead atoms. The minimum absolute atomic E-state index is 0.0647. The number of aromatic nitrogens is 2. The zero-order chi connectivity index (χ0) is 18.2. The molecule has 1 amide bonds. The second kappa shape index (κ2) is 9.59. The average Bonchev–Trinajstić information content (AvgIpc) is 3.19. The van der Waals surface area contributed by atoms with Gasteiger partial charge in [0.25, 0.3) is 0 Å².